The number of rotatable bonds is 10. The Bertz CT molecular complexity index is 1210. The Morgan fingerprint density at radius 2 is 1.94 bits per heavy atom. The van der Waals surface area contributed by atoms with E-state index in [1.807, 2.05) is 42.8 Å². The van der Waals surface area contributed by atoms with Crippen molar-refractivity contribution < 1.29 is 19.1 Å². The van der Waals surface area contributed by atoms with Crippen molar-refractivity contribution in [3.63, 3.8) is 0 Å². The molecule has 1 atom stereocenters. The maximum absolute atomic E-state index is 12.5. The number of amides is 3. The van der Waals surface area contributed by atoms with Crippen molar-refractivity contribution in [2.45, 2.75) is 33.2 Å². The summed E-state index contributed by atoms with van der Waals surface area (Å²) in [7, 11) is 0. The summed E-state index contributed by atoms with van der Waals surface area (Å²) in [6.07, 6.45) is 6.32. The first-order chi connectivity index (χ1) is 17.4. The summed E-state index contributed by atoms with van der Waals surface area (Å²) in [5.74, 6) is -0.301. The smallest absolute Gasteiger partial charge is 0.262 e. The molecule has 1 aliphatic rings. The lowest BCUT2D eigenvalue weighted by atomic mass is 10.1. The lowest BCUT2D eigenvalue weighted by molar-refractivity contribution is -0.126. The van der Waals surface area contributed by atoms with Gasteiger partial charge in [-0.25, -0.2) is 4.98 Å². The molecule has 0 unspecified atom stereocenters. The van der Waals surface area contributed by atoms with Gasteiger partial charge in [0.15, 0.2) is 6.61 Å². The lowest BCUT2D eigenvalue weighted by Gasteiger charge is -2.17. The number of aryl methyl sites for hydroxylation is 3. The van der Waals surface area contributed by atoms with Gasteiger partial charge in [0.1, 0.15) is 5.75 Å². The minimum Gasteiger partial charge on any atom is -0.484 e. The first kappa shape index (κ1) is 25.0. The highest BCUT2D eigenvalue weighted by atomic mass is 16.5. The van der Waals surface area contributed by atoms with Crippen molar-refractivity contribution in [1.29, 1.82) is 0 Å². The number of carbonyl (C=O) groups is 3. The number of aromatic nitrogens is 2. The Hall–Kier alpha value is -4.14. The molecule has 1 aromatic heterocycles. The summed E-state index contributed by atoms with van der Waals surface area (Å²) in [6, 6.07) is 12.8. The summed E-state index contributed by atoms with van der Waals surface area (Å²) < 4.78 is 7.56. The van der Waals surface area contributed by atoms with Gasteiger partial charge in [0.05, 0.1) is 12.2 Å². The predicted octanol–water partition coefficient (Wildman–Crippen LogP) is 3.08. The van der Waals surface area contributed by atoms with Crippen LogP contribution >= 0.6 is 0 Å². The highest BCUT2D eigenvalue weighted by Gasteiger charge is 2.34. The average Bonchev–Trinajstić information content (AvgIpc) is 3.52. The molecule has 0 aliphatic carbocycles. The monoisotopic (exact) mass is 489 g/mol. The van der Waals surface area contributed by atoms with Gasteiger partial charge in [0.2, 0.25) is 11.8 Å². The second kappa shape index (κ2) is 11.5. The molecule has 0 spiro atoms. The van der Waals surface area contributed by atoms with E-state index in [0.29, 0.717) is 24.5 Å². The van der Waals surface area contributed by atoms with Gasteiger partial charge in [0.25, 0.3) is 5.91 Å². The normalized spacial score (nSPS) is 15.1. The van der Waals surface area contributed by atoms with Crippen LogP contribution < -0.4 is 20.3 Å². The standard InChI is InChI=1S/C27H31N5O4/c1-19-4-9-24(20(2)14-19)30-25(33)17-36-23-7-5-22(6-8-23)32-16-21(15-26(32)34)27(35)29-10-3-12-31-13-11-28-18-31/h4-9,11,13-14,18,21H,3,10,12,15-17H2,1-2H3,(H,29,35)(H,30,33)/t21-/m0/s1. The number of nitrogens with zero attached hydrogens (tertiary/aromatic N) is 3. The van der Waals surface area contributed by atoms with Crippen LogP contribution in [0.25, 0.3) is 0 Å². The maximum atomic E-state index is 12.5. The summed E-state index contributed by atoms with van der Waals surface area (Å²) in [5.41, 5.74) is 3.58. The van der Waals surface area contributed by atoms with E-state index in [1.54, 1.807) is 41.7 Å². The van der Waals surface area contributed by atoms with Crippen LogP contribution in [0.1, 0.15) is 24.0 Å². The zero-order chi connectivity index (χ0) is 25.5. The molecule has 2 heterocycles. The number of carbonyl (C=O) groups excluding carboxylic acids is 3. The second-order valence-electron chi connectivity index (χ2n) is 9.00. The van der Waals surface area contributed by atoms with Gasteiger partial charge in [-0.1, -0.05) is 17.7 Å². The molecule has 9 nitrogen and oxygen atoms in total. The van der Waals surface area contributed by atoms with Crippen LogP contribution in [-0.4, -0.2) is 47.0 Å². The number of imidazole rings is 1. The van der Waals surface area contributed by atoms with E-state index >= 15 is 0 Å². The summed E-state index contributed by atoms with van der Waals surface area (Å²) in [4.78, 5) is 43.0. The molecule has 2 aromatic carbocycles. The van der Waals surface area contributed by atoms with Crippen molar-refractivity contribution in [1.82, 2.24) is 14.9 Å². The molecular weight excluding hydrogens is 458 g/mol. The quantitative estimate of drug-likeness (QED) is 0.426. The fourth-order valence-corrected chi connectivity index (χ4v) is 4.18. The fraction of sp³-hybridized carbons (Fsp3) is 0.333. The van der Waals surface area contributed by atoms with Gasteiger partial charge >= 0.3 is 0 Å². The zero-order valence-corrected chi connectivity index (χ0v) is 20.6. The fourth-order valence-electron chi connectivity index (χ4n) is 4.18. The Morgan fingerprint density at radius 3 is 2.67 bits per heavy atom. The third kappa shape index (κ3) is 6.50. The Labute approximate surface area is 210 Å². The molecule has 0 radical (unpaired) electrons. The molecule has 3 amide bonds. The van der Waals surface area contributed by atoms with Crippen molar-refractivity contribution in [2.24, 2.45) is 5.92 Å². The largest absolute Gasteiger partial charge is 0.484 e. The average molecular weight is 490 g/mol. The predicted molar refractivity (Wildman–Crippen MR) is 137 cm³/mol. The summed E-state index contributed by atoms with van der Waals surface area (Å²) in [5, 5.41) is 5.78. The first-order valence-electron chi connectivity index (χ1n) is 12.0. The number of hydrogen-bond acceptors (Lipinski definition) is 5. The van der Waals surface area contributed by atoms with Crippen molar-refractivity contribution in [2.75, 3.05) is 29.9 Å². The van der Waals surface area contributed by atoms with Crippen LogP contribution in [0.3, 0.4) is 0 Å². The summed E-state index contributed by atoms with van der Waals surface area (Å²) >= 11 is 0. The van der Waals surface area contributed by atoms with E-state index in [-0.39, 0.29) is 36.7 Å². The van der Waals surface area contributed by atoms with Crippen LogP contribution in [0.2, 0.25) is 0 Å². The number of ether oxygens (including phenoxy) is 1. The van der Waals surface area contributed by atoms with E-state index in [0.717, 1.165) is 29.8 Å². The molecule has 3 aromatic rings. The maximum Gasteiger partial charge on any atom is 0.262 e. The zero-order valence-electron chi connectivity index (χ0n) is 20.6. The second-order valence-corrected chi connectivity index (χ2v) is 9.00. The topological polar surface area (TPSA) is 106 Å². The molecule has 1 fully saturated rings. The van der Waals surface area contributed by atoms with Crippen molar-refractivity contribution in [3.8, 4) is 5.75 Å². The number of anilines is 2. The van der Waals surface area contributed by atoms with E-state index in [2.05, 4.69) is 15.6 Å². The minimum atomic E-state index is -0.379. The molecular formula is C27H31N5O4. The van der Waals surface area contributed by atoms with E-state index < -0.39 is 0 Å². The number of nitrogens with one attached hydrogen (secondary N) is 2. The van der Waals surface area contributed by atoms with Crippen LogP contribution in [0.4, 0.5) is 11.4 Å². The van der Waals surface area contributed by atoms with Crippen LogP contribution in [0.15, 0.2) is 61.2 Å². The third-order valence-corrected chi connectivity index (χ3v) is 6.12. The molecule has 0 saturated carbocycles. The first-order valence-corrected chi connectivity index (χ1v) is 12.0. The van der Waals surface area contributed by atoms with Crippen molar-refractivity contribution in [3.05, 3.63) is 72.3 Å². The molecule has 9 heteroatoms. The van der Waals surface area contributed by atoms with E-state index in [4.69, 9.17) is 4.74 Å². The summed E-state index contributed by atoms with van der Waals surface area (Å²) in [6.45, 7) is 5.48. The molecule has 1 saturated heterocycles. The molecule has 2 N–H and O–H groups in total. The molecule has 4 rings (SSSR count). The Balaban J connectivity index is 1.22. The highest BCUT2D eigenvalue weighted by molar-refractivity contribution is 6.00. The molecule has 188 valence electrons. The Kier molecular flexibility index (Phi) is 7.99. The number of hydrogen-bond donors (Lipinski definition) is 2. The van der Waals surface area contributed by atoms with Crippen LogP contribution in [0.5, 0.6) is 5.75 Å². The van der Waals surface area contributed by atoms with Gasteiger partial charge in [-0.15, -0.1) is 0 Å². The molecule has 1 aliphatic heterocycles. The number of benzene rings is 2. The van der Waals surface area contributed by atoms with Gasteiger partial charge in [-0.3, -0.25) is 14.4 Å². The molecule has 36 heavy (non-hydrogen) atoms. The van der Waals surface area contributed by atoms with Gasteiger partial charge in [-0.2, -0.15) is 0 Å². The van der Waals surface area contributed by atoms with E-state index in [9.17, 15) is 14.4 Å². The minimum absolute atomic E-state index is 0.0879. The van der Waals surface area contributed by atoms with Gasteiger partial charge in [0, 0.05) is 49.8 Å². The van der Waals surface area contributed by atoms with Gasteiger partial charge in [-0.05, 0) is 56.2 Å². The van der Waals surface area contributed by atoms with Gasteiger partial charge < -0.3 is 24.8 Å². The lowest BCUT2D eigenvalue weighted by Crippen LogP contribution is -2.33. The van der Waals surface area contributed by atoms with Crippen molar-refractivity contribution >= 4 is 29.1 Å². The highest BCUT2D eigenvalue weighted by Crippen LogP contribution is 2.27. The SMILES string of the molecule is Cc1ccc(NC(=O)COc2ccc(N3C[C@@H](C(=O)NCCCn4ccnc4)CC3=O)cc2)c(C)c1. The Morgan fingerprint density at radius 1 is 1.14 bits per heavy atom. The van der Waals surface area contributed by atoms with Crippen LogP contribution in [0, 0.1) is 19.8 Å². The van der Waals surface area contributed by atoms with Crippen LogP contribution in [-0.2, 0) is 20.9 Å². The molecule has 0 bridgehead atoms. The van der Waals surface area contributed by atoms with E-state index in [1.165, 1.54) is 0 Å². The third-order valence-electron chi connectivity index (χ3n) is 6.12.